The van der Waals surface area contributed by atoms with Crippen LogP contribution in [0, 0.1) is 0 Å². The van der Waals surface area contributed by atoms with Gasteiger partial charge in [0.1, 0.15) is 22.8 Å². The highest BCUT2D eigenvalue weighted by Crippen LogP contribution is 2.24. The molecule has 184 valence electrons. The first-order valence-electron chi connectivity index (χ1n) is 11.1. The second-order valence-electron chi connectivity index (χ2n) is 7.51. The maximum Gasteiger partial charge on any atom is 0.673 e. The van der Waals surface area contributed by atoms with Gasteiger partial charge in [0.15, 0.2) is 0 Å². The molecule has 0 saturated carbocycles. The lowest BCUT2D eigenvalue weighted by Gasteiger charge is -2.06. The third-order valence-corrected chi connectivity index (χ3v) is 5.06. The molecule has 0 aliphatic carbocycles. The van der Waals surface area contributed by atoms with Gasteiger partial charge in [0, 0.05) is 17.7 Å². The number of halogens is 4. The molecule has 0 bridgehead atoms. The van der Waals surface area contributed by atoms with Crippen LogP contribution < -0.4 is 19.8 Å². The van der Waals surface area contributed by atoms with Crippen molar-refractivity contribution in [1.29, 1.82) is 0 Å². The van der Waals surface area contributed by atoms with Crippen molar-refractivity contribution in [2.24, 2.45) is 0 Å². The lowest BCUT2D eigenvalue weighted by Crippen LogP contribution is -2.70. The standard InChI is InChI=1S/C26H25NO3.BF4/c1-4-18-6-15-25-23(16-18)24(27-20-9-13-22(14-10-20)29-5-2)17-26(30-25)19-7-11-21(28-3)12-8-19;2-1(3,4)5/h6-17H,4-5H2,1-3H3;/q;-1/p+1. The molecule has 4 rings (SSSR count). The van der Waals surface area contributed by atoms with Gasteiger partial charge in [-0.2, -0.15) is 0 Å². The van der Waals surface area contributed by atoms with Gasteiger partial charge in [-0.1, -0.05) is 13.0 Å². The lowest BCUT2D eigenvalue weighted by molar-refractivity contribution is -0.400. The molecule has 9 heteroatoms. The predicted octanol–water partition coefficient (Wildman–Crippen LogP) is 5.68. The van der Waals surface area contributed by atoms with Crippen LogP contribution in [0.15, 0.2) is 77.2 Å². The van der Waals surface area contributed by atoms with Crippen LogP contribution >= 0.6 is 0 Å². The Hall–Kier alpha value is -3.75. The minimum Gasteiger partial charge on any atom is -0.497 e. The molecule has 4 nitrogen and oxygen atoms in total. The number of rotatable bonds is 6. The SMILES string of the molecule is CCOc1ccc([NH+]=c2cc(-c3ccc(OC)cc3)oc3ccc(CC)cc23)cc1.F[B-](F)(F)F. The van der Waals surface area contributed by atoms with Crippen molar-refractivity contribution in [1.82, 2.24) is 0 Å². The molecule has 0 aliphatic rings. The van der Waals surface area contributed by atoms with E-state index in [0.29, 0.717) is 6.61 Å². The number of hydrogen-bond acceptors (Lipinski definition) is 3. The summed E-state index contributed by atoms with van der Waals surface area (Å²) in [7, 11) is -4.33. The second-order valence-corrected chi connectivity index (χ2v) is 7.51. The summed E-state index contributed by atoms with van der Waals surface area (Å²) < 4.78 is 56.1. The summed E-state index contributed by atoms with van der Waals surface area (Å²) in [6, 6.07) is 24.3. The summed E-state index contributed by atoms with van der Waals surface area (Å²) in [6.07, 6.45) is 0.971. The highest BCUT2D eigenvalue weighted by molar-refractivity contribution is 6.50. The molecule has 1 N–H and O–H groups in total. The lowest BCUT2D eigenvalue weighted by atomic mass is 10.1. The van der Waals surface area contributed by atoms with Crippen LogP contribution in [0.2, 0.25) is 0 Å². The average molecular weight is 487 g/mol. The Bertz CT molecular complexity index is 1310. The van der Waals surface area contributed by atoms with E-state index in [1.165, 1.54) is 5.56 Å². The smallest absolute Gasteiger partial charge is 0.497 e. The maximum absolute atomic E-state index is 9.75. The summed E-state index contributed by atoms with van der Waals surface area (Å²) in [5.74, 6) is 2.48. The van der Waals surface area contributed by atoms with E-state index in [0.717, 1.165) is 51.3 Å². The zero-order valence-corrected chi connectivity index (χ0v) is 19.7. The van der Waals surface area contributed by atoms with Crippen LogP contribution in [0.25, 0.3) is 22.3 Å². The topological polar surface area (TPSA) is 45.6 Å². The first kappa shape index (κ1) is 25.9. The molecule has 0 spiro atoms. The van der Waals surface area contributed by atoms with Gasteiger partial charge in [0.2, 0.25) is 11.0 Å². The zero-order chi connectivity index (χ0) is 25.4. The largest absolute Gasteiger partial charge is 0.673 e. The van der Waals surface area contributed by atoms with Crippen molar-refractivity contribution in [3.8, 4) is 22.8 Å². The summed E-state index contributed by atoms with van der Waals surface area (Å²) in [6.45, 7) is 4.80. The predicted molar refractivity (Wildman–Crippen MR) is 129 cm³/mol. The van der Waals surface area contributed by atoms with E-state index < -0.39 is 7.25 Å². The van der Waals surface area contributed by atoms with Crippen LogP contribution in [0.5, 0.6) is 11.5 Å². The van der Waals surface area contributed by atoms with E-state index in [4.69, 9.17) is 13.9 Å². The molecule has 0 fully saturated rings. The van der Waals surface area contributed by atoms with Crippen molar-refractivity contribution in [2.45, 2.75) is 20.3 Å². The fraction of sp³-hybridized carbons (Fsp3) is 0.192. The molecule has 0 saturated heterocycles. The van der Waals surface area contributed by atoms with Crippen molar-refractivity contribution >= 4 is 23.9 Å². The molecule has 1 aromatic heterocycles. The Labute approximate surface area is 201 Å². The number of fused-ring (bicyclic) bond motifs is 1. The van der Waals surface area contributed by atoms with Crippen LogP contribution in [0.4, 0.5) is 23.0 Å². The molecule has 0 aliphatic heterocycles. The van der Waals surface area contributed by atoms with E-state index in [1.54, 1.807) is 7.11 Å². The molecule has 35 heavy (non-hydrogen) atoms. The molecule has 0 unspecified atom stereocenters. The number of hydrogen-bond donors (Lipinski definition) is 1. The van der Waals surface area contributed by atoms with Crippen molar-refractivity contribution in [2.75, 3.05) is 13.7 Å². The number of benzene rings is 3. The average Bonchev–Trinajstić information content (AvgIpc) is 2.84. The van der Waals surface area contributed by atoms with Crippen LogP contribution in [0.1, 0.15) is 19.4 Å². The summed E-state index contributed by atoms with van der Waals surface area (Å²) >= 11 is 0. The number of nitrogens with one attached hydrogen (secondary N) is 1. The Morgan fingerprint density at radius 1 is 0.829 bits per heavy atom. The third-order valence-electron chi connectivity index (χ3n) is 5.06. The molecule has 1 heterocycles. The highest BCUT2D eigenvalue weighted by Gasteiger charge is 2.20. The van der Waals surface area contributed by atoms with Gasteiger partial charge in [-0.25, -0.2) is 4.99 Å². The van der Waals surface area contributed by atoms with Crippen molar-refractivity contribution in [3.63, 3.8) is 0 Å². The van der Waals surface area contributed by atoms with Gasteiger partial charge >= 0.3 is 7.25 Å². The fourth-order valence-electron chi connectivity index (χ4n) is 3.41. The van der Waals surface area contributed by atoms with E-state index in [9.17, 15) is 17.3 Å². The minimum atomic E-state index is -6.00. The zero-order valence-electron chi connectivity index (χ0n) is 19.7. The van der Waals surface area contributed by atoms with Gasteiger partial charge in [0.25, 0.3) is 0 Å². The molecule has 4 aromatic rings. The van der Waals surface area contributed by atoms with Gasteiger partial charge in [-0.05, 0) is 67.4 Å². The molecular weight excluding hydrogens is 461 g/mol. The van der Waals surface area contributed by atoms with E-state index in [1.807, 2.05) is 61.5 Å². The first-order valence-corrected chi connectivity index (χ1v) is 11.1. The first-order chi connectivity index (χ1) is 16.7. The molecule has 0 amide bonds. The Kier molecular flexibility index (Phi) is 8.57. The maximum atomic E-state index is 9.75. The van der Waals surface area contributed by atoms with Gasteiger partial charge in [-0.15, -0.1) is 0 Å². The number of aryl methyl sites for hydroxylation is 1. The van der Waals surface area contributed by atoms with Crippen LogP contribution in [-0.4, -0.2) is 21.0 Å². The summed E-state index contributed by atoms with van der Waals surface area (Å²) in [5.41, 5.74) is 4.10. The molecular formula is C26H26BF4NO3. The summed E-state index contributed by atoms with van der Waals surface area (Å²) in [4.78, 5) is 3.56. The van der Waals surface area contributed by atoms with Gasteiger partial charge in [-0.3, -0.25) is 0 Å². The van der Waals surface area contributed by atoms with E-state index in [-0.39, 0.29) is 0 Å². The monoisotopic (exact) mass is 487 g/mol. The quantitative estimate of drug-likeness (QED) is 0.281. The molecule has 3 aromatic carbocycles. The molecule has 0 atom stereocenters. The molecule has 0 radical (unpaired) electrons. The second kappa shape index (κ2) is 11.6. The Morgan fingerprint density at radius 3 is 2.03 bits per heavy atom. The minimum absolute atomic E-state index is 0.655. The number of ether oxygens (including phenoxy) is 2. The van der Waals surface area contributed by atoms with Crippen LogP contribution in [0.3, 0.4) is 0 Å². The Balaban J connectivity index is 0.000000623. The normalized spacial score (nSPS) is 11.7. The highest BCUT2D eigenvalue weighted by atomic mass is 19.5. The van der Waals surface area contributed by atoms with E-state index >= 15 is 0 Å². The van der Waals surface area contributed by atoms with Gasteiger partial charge in [0.05, 0.1) is 25.2 Å². The number of methoxy groups -OCH3 is 1. The van der Waals surface area contributed by atoms with Crippen molar-refractivity contribution in [3.05, 3.63) is 83.7 Å². The summed E-state index contributed by atoms with van der Waals surface area (Å²) in [5, 5.41) is 2.06. The fourth-order valence-corrected chi connectivity index (χ4v) is 3.41. The van der Waals surface area contributed by atoms with Crippen LogP contribution in [-0.2, 0) is 6.42 Å². The Morgan fingerprint density at radius 2 is 1.46 bits per heavy atom. The van der Waals surface area contributed by atoms with Gasteiger partial charge < -0.3 is 31.2 Å². The third kappa shape index (κ3) is 7.63. The van der Waals surface area contributed by atoms with E-state index in [2.05, 4.69) is 30.1 Å². The van der Waals surface area contributed by atoms with Crippen molar-refractivity contribution < 1.29 is 36.1 Å².